The molecule has 1 N–H and O–H groups in total. The summed E-state index contributed by atoms with van der Waals surface area (Å²) in [5.41, 5.74) is 3.19. The fraction of sp³-hybridized carbons (Fsp3) is 0.133. The summed E-state index contributed by atoms with van der Waals surface area (Å²) in [7, 11) is -3.29. The predicted molar refractivity (Wildman–Crippen MR) is 82.9 cm³/mol. The van der Waals surface area contributed by atoms with Gasteiger partial charge in [-0.25, -0.2) is 13.4 Å². The molecule has 0 unspecified atom stereocenters. The molecule has 3 aromatic heterocycles. The van der Waals surface area contributed by atoms with E-state index in [9.17, 15) is 8.42 Å². The third kappa shape index (κ3) is 2.89. The molecule has 0 saturated carbocycles. The van der Waals surface area contributed by atoms with Crippen molar-refractivity contribution in [3.05, 3.63) is 48.7 Å². The number of aryl methyl sites for hydroxylation is 1. The molecule has 0 fully saturated rings. The Balaban J connectivity index is 2.06. The van der Waals surface area contributed by atoms with Gasteiger partial charge in [0.1, 0.15) is 5.69 Å². The first-order valence-corrected chi connectivity index (χ1v) is 8.46. The number of hydrogen-bond acceptors (Lipinski definition) is 5. The Morgan fingerprint density at radius 3 is 2.55 bits per heavy atom. The number of nitrogens with one attached hydrogen (secondary N) is 1. The van der Waals surface area contributed by atoms with E-state index in [2.05, 4.69) is 19.9 Å². The molecule has 112 valence electrons. The van der Waals surface area contributed by atoms with E-state index >= 15 is 0 Å². The lowest BCUT2D eigenvalue weighted by Crippen LogP contribution is -1.98. The van der Waals surface area contributed by atoms with Crippen LogP contribution in [0.3, 0.4) is 0 Å². The zero-order valence-corrected chi connectivity index (χ0v) is 12.9. The number of nitrogens with zero attached hydrogens (tertiary/aromatic N) is 3. The Morgan fingerprint density at radius 2 is 1.86 bits per heavy atom. The highest BCUT2D eigenvalue weighted by Gasteiger charge is 2.10. The van der Waals surface area contributed by atoms with E-state index in [1.807, 2.05) is 19.1 Å². The quantitative estimate of drug-likeness (QED) is 0.801. The fourth-order valence-corrected chi connectivity index (χ4v) is 2.66. The van der Waals surface area contributed by atoms with E-state index in [0.717, 1.165) is 23.1 Å². The molecule has 3 heterocycles. The molecular weight excluding hydrogens is 300 g/mol. The van der Waals surface area contributed by atoms with E-state index in [0.29, 0.717) is 11.5 Å². The molecule has 0 saturated heterocycles. The zero-order chi connectivity index (χ0) is 15.7. The van der Waals surface area contributed by atoms with E-state index in [1.165, 1.54) is 6.20 Å². The van der Waals surface area contributed by atoms with Crippen LogP contribution in [0.5, 0.6) is 0 Å². The van der Waals surface area contributed by atoms with Gasteiger partial charge in [0.05, 0.1) is 4.90 Å². The molecule has 6 nitrogen and oxygen atoms in total. The second-order valence-corrected chi connectivity index (χ2v) is 7.04. The summed E-state index contributed by atoms with van der Waals surface area (Å²) >= 11 is 0. The lowest BCUT2D eigenvalue weighted by atomic mass is 10.1. The van der Waals surface area contributed by atoms with Crippen LogP contribution >= 0.6 is 0 Å². The van der Waals surface area contributed by atoms with Gasteiger partial charge in [-0.15, -0.1) is 0 Å². The molecule has 0 aliphatic rings. The van der Waals surface area contributed by atoms with E-state index in [1.54, 1.807) is 24.7 Å². The number of aromatic amines is 1. The maximum atomic E-state index is 11.6. The molecule has 0 bridgehead atoms. The van der Waals surface area contributed by atoms with Crippen molar-refractivity contribution in [3.63, 3.8) is 0 Å². The van der Waals surface area contributed by atoms with Crippen LogP contribution in [0.4, 0.5) is 0 Å². The summed E-state index contributed by atoms with van der Waals surface area (Å²) in [6.07, 6.45) is 7.53. The van der Waals surface area contributed by atoms with Crippen molar-refractivity contribution in [1.29, 1.82) is 0 Å². The first kappa shape index (κ1) is 14.4. The van der Waals surface area contributed by atoms with Gasteiger partial charge in [-0.3, -0.25) is 9.97 Å². The van der Waals surface area contributed by atoms with Crippen LogP contribution in [0.2, 0.25) is 0 Å². The molecule has 3 rings (SSSR count). The maximum Gasteiger partial charge on any atom is 0.177 e. The first-order chi connectivity index (χ1) is 10.4. The number of pyridine rings is 2. The lowest BCUT2D eigenvalue weighted by Gasteiger charge is -2.05. The smallest absolute Gasteiger partial charge is 0.177 e. The minimum Gasteiger partial charge on any atom is -0.341 e. The normalized spacial score (nSPS) is 11.5. The number of rotatable bonds is 3. The van der Waals surface area contributed by atoms with Crippen molar-refractivity contribution < 1.29 is 8.42 Å². The van der Waals surface area contributed by atoms with Crippen LogP contribution in [-0.2, 0) is 9.84 Å². The van der Waals surface area contributed by atoms with Gasteiger partial charge >= 0.3 is 0 Å². The van der Waals surface area contributed by atoms with Crippen molar-refractivity contribution in [2.24, 2.45) is 0 Å². The molecule has 0 atom stereocenters. The molecule has 0 spiro atoms. The largest absolute Gasteiger partial charge is 0.341 e. The van der Waals surface area contributed by atoms with Gasteiger partial charge in [-0.1, -0.05) is 0 Å². The average Bonchev–Trinajstić information content (AvgIpc) is 2.93. The van der Waals surface area contributed by atoms with Gasteiger partial charge < -0.3 is 4.98 Å². The average molecular weight is 314 g/mol. The third-order valence-corrected chi connectivity index (χ3v) is 4.26. The van der Waals surface area contributed by atoms with Gasteiger partial charge in [-0.05, 0) is 30.7 Å². The number of H-pyrrole nitrogens is 1. The van der Waals surface area contributed by atoms with Gasteiger partial charge in [-0.2, -0.15) is 0 Å². The molecule has 0 amide bonds. The molecule has 22 heavy (non-hydrogen) atoms. The highest BCUT2D eigenvalue weighted by atomic mass is 32.2. The third-order valence-electron chi connectivity index (χ3n) is 3.18. The minimum atomic E-state index is -3.29. The van der Waals surface area contributed by atoms with E-state index < -0.39 is 9.84 Å². The Labute approximate surface area is 128 Å². The van der Waals surface area contributed by atoms with Crippen LogP contribution < -0.4 is 0 Å². The van der Waals surface area contributed by atoms with Crippen LogP contribution in [0.1, 0.15) is 5.69 Å². The Morgan fingerprint density at radius 1 is 1.05 bits per heavy atom. The van der Waals surface area contributed by atoms with E-state index in [-0.39, 0.29) is 4.90 Å². The zero-order valence-electron chi connectivity index (χ0n) is 12.1. The summed E-state index contributed by atoms with van der Waals surface area (Å²) in [5, 5.41) is 0. The standard InChI is InChI=1S/C15H14N4O2S/c1-10-7-18-15(19-10)14-6-11(3-4-17-14)12-5-13(9-16-8-12)22(2,20)21/h3-9H,1-2H3,(H,18,19). The van der Waals surface area contributed by atoms with Crippen molar-refractivity contribution in [3.8, 4) is 22.6 Å². The molecule has 0 radical (unpaired) electrons. The second-order valence-electron chi connectivity index (χ2n) is 5.03. The SMILES string of the molecule is Cc1cnc(-c2cc(-c3cncc(S(C)(=O)=O)c3)ccn2)[nH]1. The van der Waals surface area contributed by atoms with Crippen LogP contribution in [0.25, 0.3) is 22.6 Å². The van der Waals surface area contributed by atoms with Crippen molar-refractivity contribution in [2.45, 2.75) is 11.8 Å². The molecular formula is C15H14N4O2S. The van der Waals surface area contributed by atoms with Gasteiger partial charge in [0.2, 0.25) is 0 Å². The summed E-state index contributed by atoms with van der Waals surface area (Å²) in [6, 6.07) is 5.26. The number of sulfone groups is 1. The molecule has 3 aromatic rings. The van der Waals surface area contributed by atoms with Gasteiger partial charge in [0, 0.05) is 42.3 Å². The number of imidazole rings is 1. The highest BCUT2D eigenvalue weighted by Crippen LogP contribution is 2.24. The van der Waals surface area contributed by atoms with Crippen LogP contribution in [0.15, 0.2) is 47.9 Å². The molecule has 0 aliphatic carbocycles. The monoisotopic (exact) mass is 314 g/mol. The molecule has 0 aliphatic heterocycles. The highest BCUT2D eigenvalue weighted by molar-refractivity contribution is 7.90. The van der Waals surface area contributed by atoms with Gasteiger partial charge in [0.15, 0.2) is 15.7 Å². The van der Waals surface area contributed by atoms with Gasteiger partial charge in [0.25, 0.3) is 0 Å². The predicted octanol–water partition coefficient (Wildman–Crippen LogP) is 2.25. The van der Waals surface area contributed by atoms with Crippen molar-refractivity contribution in [1.82, 2.24) is 19.9 Å². The van der Waals surface area contributed by atoms with E-state index in [4.69, 9.17) is 0 Å². The number of aromatic nitrogens is 4. The summed E-state index contributed by atoms with van der Waals surface area (Å²) in [4.78, 5) is 15.9. The summed E-state index contributed by atoms with van der Waals surface area (Å²) < 4.78 is 23.3. The summed E-state index contributed by atoms with van der Waals surface area (Å²) in [6.45, 7) is 1.92. The Kier molecular flexibility index (Phi) is 3.50. The second kappa shape index (κ2) is 5.34. The van der Waals surface area contributed by atoms with Crippen molar-refractivity contribution in [2.75, 3.05) is 6.26 Å². The fourth-order valence-electron chi connectivity index (χ4n) is 2.06. The maximum absolute atomic E-state index is 11.6. The molecule has 7 heteroatoms. The van der Waals surface area contributed by atoms with Crippen LogP contribution in [0, 0.1) is 6.92 Å². The Bertz CT molecular complexity index is 932. The number of hydrogen-bond donors (Lipinski definition) is 1. The van der Waals surface area contributed by atoms with Crippen molar-refractivity contribution >= 4 is 9.84 Å². The Hall–Kier alpha value is -2.54. The summed E-state index contributed by atoms with van der Waals surface area (Å²) in [5.74, 6) is 0.673. The molecule has 0 aromatic carbocycles. The van der Waals surface area contributed by atoms with Crippen LogP contribution in [-0.4, -0.2) is 34.6 Å². The topological polar surface area (TPSA) is 88.6 Å². The lowest BCUT2D eigenvalue weighted by molar-refractivity contribution is 0.601. The minimum absolute atomic E-state index is 0.192. The first-order valence-electron chi connectivity index (χ1n) is 6.57.